The summed E-state index contributed by atoms with van der Waals surface area (Å²) in [4.78, 5) is 1.33. The van der Waals surface area contributed by atoms with E-state index in [1.807, 2.05) is 11.8 Å². The Morgan fingerprint density at radius 1 is 1.67 bits per heavy atom. The van der Waals surface area contributed by atoms with Crippen LogP contribution in [0.4, 0.5) is 0 Å². The summed E-state index contributed by atoms with van der Waals surface area (Å²) < 4.78 is 0. The Labute approximate surface area is 61.0 Å². The summed E-state index contributed by atoms with van der Waals surface area (Å²) in [6, 6.07) is 0. The van der Waals surface area contributed by atoms with Crippen molar-refractivity contribution in [3.05, 3.63) is 17.2 Å². The molecule has 0 spiro atoms. The van der Waals surface area contributed by atoms with Crippen LogP contribution in [0, 0.1) is 5.41 Å². The molecule has 0 aromatic carbocycles. The fraction of sp³-hybridized carbons (Fsp3) is 0.625. The smallest absolute Gasteiger partial charge is 0.0265 e. The van der Waals surface area contributed by atoms with Crippen LogP contribution in [0.25, 0.3) is 0 Å². The molecule has 0 N–H and O–H groups in total. The summed E-state index contributed by atoms with van der Waals surface area (Å²) in [5.74, 6) is 1.23. The number of allylic oxidation sites excluding steroid dienone is 1. The molecule has 0 nitrogen and oxygen atoms in total. The van der Waals surface area contributed by atoms with Crippen LogP contribution in [-0.2, 0) is 0 Å². The predicted octanol–water partition coefficient (Wildman–Crippen LogP) is 2.82. The van der Waals surface area contributed by atoms with Crippen molar-refractivity contribution in [1.29, 1.82) is 0 Å². The number of rotatable bonds is 0. The first-order valence-corrected chi connectivity index (χ1v) is 4.14. The first kappa shape index (κ1) is 6.98. The Balaban J connectivity index is 2.68. The Morgan fingerprint density at radius 2 is 2.33 bits per heavy atom. The molecule has 50 valence electrons. The van der Waals surface area contributed by atoms with E-state index in [0.717, 1.165) is 0 Å². The lowest BCUT2D eigenvalue weighted by atomic mass is 9.92. The summed E-state index contributed by atoms with van der Waals surface area (Å²) >= 11 is 1.89. The van der Waals surface area contributed by atoms with Crippen LogP contribution in [0.1, 0.15) is 20.3 Å². The summed E-state index contributed by atoms with van der Waals surface area (Å²) in [6.45, 7) is 8.19. The van der Waals surface area contributed by atoms with E-state index in [1.54, 1.807) is 0 Å². The molecule has 1 aliphatic rings. The van der Waals surface area contributed by atoms with Crippen LogP contribution in [-0.4, -0.2) is 5.75 Å². The zero-order chi connectivity index (χ0) is 6.91. The van der Waals surface area contributed by atoms with Gasteiger partial charge in [-0.2, -0.15) is 0 Å². The highest BCUT2D eigenvalue weighted by Gasteiger charge is 2.26. The van der Waals surface area contributed by atoms with E-state index >= 15 is 0 Å². The third kappa shape index (κ3) is 1.64. The standard InChI is InChI=1S/C8H12S/c1-4-7-5-8(2,3)6-9-7/h1,5-6H2,2-3H3. The van der Waals surface area contributed by atoms with E-state index in [9.17, 15) is 0 Å². The van der Waals surface area contributed by atoms with Gasteiger partial charge in [0.1, 0.15) is 0 Å². The molecule has 9 heavy (non-hydrogen) atoms. The van der Waals surface area contributed by atoms with Crippen molar-refractivity contribution in [1.82, 2.24) is 0 Å². The van der Waals surface area contributed by atoms with Crippen molar-refractivity contribution >= 4 is 11.8 Å². The Hall–Kier alpha value is -0.130. The monoisotopic (exact) mass is 140 g/mol. The van der Waals surface area contributed by atoms with Gasteiger partial charge in [-0.3, -0.25) is 0 Å². The van der Waals surface area contributed by atoms with Gasteiger partial charge in [-0.15, -0.1) is 17.5 Å². The second-order valence-electron chi connectivity index (χ2n) is 3.23. The van der Waals surface area contributed by atoms with Crippen LogP contribution >= 0.6 is 11.8 Å². The lowest BCUT2D eigenvalue weighted by Gasteiger charge is -2.12. The van der Waals surface area contributed by atoms with E-state index in [0.29, 0.717) is 5.41 Å². The largest absolute Gasteiger partial charge is 0.122 e. The van der Waals surface area contributed by atoms with E-state index in [1.165, 1.54) is 17.1 Å². The number of hydrogen-bond acceptors (Lipinski definition) is 1. The van der Waals surface area contributed by atoms with E-state index in [-0.39, 0.29) is 0 Å². The van der Waals surface area contributed by atoms with Crippen LogP contribution < -0.4 is 0 Å². The summed E-state index contributed by atoms with van der Waals surface area (Å²) in [7, 11) is 0. The number of thioether (sulfide) groups is 1. The molecule has 1 heterocycles. The summed E-state index contributed by atoms with van der Waals surface area (Å²) in [5, 5.41) is 0. The maximum absolute atomic E-state index is 3.63. The van der Waals surface area contributed by atoms with Gasteiger partial charge in [0, 0.05) is 10.7 Å². The van der Waals surface area contributed by atoms with Crippen molar-refractivity contribution in [3.8, 4) is 0 Å². The summed E-state index contributed by atoms with van der Waals surface area (Å²) in [6.07, 6.45) is 1.17. The molecular weight excluding hydrogens is 128 g/mol. The molecule has 1 saturated heterocycles. The Bertz CT molecular complexity index is 161. The molecule has 0 atom stereocenters. The lowest BCUT2D eigenvalue weighted by molar-refractivity contribution is 0.442. The SMILES string of the molecule is C=C=C1CC(C)(C)CS1. The molecule has 0 aromatic rings. The molecule has 0 amide bonds. The van der Waals surface area contributed by atoms with E-state index < -0.39 is 0 Å². The lowest BCUT2D eigenvalue weighted by Crippen LogP contribution is -2.06. The van der Waals surface area contributed by atoms with Gasteiger partial charge < -0.3 is 0 Å². The van der Waals surface area contributed by atoms with E-state index in [2.05, 4.69) is 26.2 Å². The number of hydrogen-bond donors (Lipinski definition) is 0. The van der Waals surface area contributed by atoms with Crippen molar-refractivity contribution in [3.63, 3.8) is 0 Å². The molecule has 0 aliphatic carbocycles. The van der Waals surface area contributed by atoms with Crippen molar-refractivity contribution in [2.75, 3.05) is 5.75 Å². The van der Waals surface area contributed by atoms with E-state index in [4.69, 9.17) is 0 Å². The molecule has 1 rings (SSSR count). The second kappa shape index (κ2) is 2.24. The Kier molecular flexibility index (Phi) is 1.74. The molecule has 1 heteroatoms. The van der Waals surface area contributed by atoms with Gasteiger partial charge in [-0.05, 0) is 11.8 Å². The van der Waals surface area contributed by atoms with Crippen LogP contribution in [0.3, 0.4) is 0 Å². The van der Waals surface area contributed by atoms with Gasteiger partial charge in [0.05, 0.1) is 0 Å². The van der Waals surface area contributed by atoms with Crippen LogP contribution in [0.5, 0.6) is 0 Å². The molecule has 0 unspecified atom stereocenters. The maximum Gasteiger partial charge on any atom is 0.0265 e. The van der Waals surface area contributed by atoms with Gasteiger partial charge >= 0.3 is 0 Å². The third-order valence-electron chi connectivity index (χ3n) is 1.47. The van der Waals surface area contributed by atoms with Gasteiger partial charge in [0.15, 0.2) is 0 Å². The van der Waals surface area contributed by atoms with Crippen LogP contribution in [0.15, 0.2) is 17.2 Å². The molecule has 1 aliphatic heterocycles. The first-order valence-electron chi connectivity index (χ1n) is 3.16. The normalized spacial score (nSPS) is 24.0. The minimum atomic E-state index is 0.491. The van der Waals surface area contributed by atoms with Crippen molar-refractivity contribution < 1.29 is 0 Å². The molecule has 0 aromatic heterocycles. The molecule has 0 saturated carbocycles. The van der Waals surface area contributed by atoms with Crippen molar-refractivity contribution in [2.24, 2.45) is 5.41 Å². The van der Waals surface area contributed by atoms with Gasteiger partial charge in [-0.25, -0.2) is 0 Å². The fourth-order valence-electron chi connectivity index (χ4n) is 0.933. The zero-order valence-corrected chi connectivity index (χ0v) is 6.85. The average molecular weight is 140 g/mol. The molecule has 1 fully saturated rings. The fourth-order valence-corrected chi connectivity index (χ4v) is 2.19. The third-order valence-corrected chi connectivity index (χ3v) is 3.04. The van der Waals surface area contributed by atoms with Gasteiger partial charge in [0.2, 0.25) is 0 Å². The predicted molar refractivity (Wildman–Crippen MR) is 43.5 cm³/mol. The second-order valence-corrected chi connectivity index (χ2v) is 4.30. The highest BCUT2D eigenvalue weighted by molar-refractivity contribution is 8.03. The van der Waals surface area contributed by atoms with Gasteiger partial charge in [-0.1, -0.05) is 20.4 Å². The van der Waals surface area contributed by atoms with Crippen molar-refractivity contribution in [2.45, 2.75) is 20.3 Å². The quantitative estimate of drug-likeness (QED) is 0.466. The van der Waals surface area contributed by atoms with Gasteiger partial charge in [0.25, 0.3) is 0 Å². The first-order chi connectivity index (χ1) is 4.14. The van der Waals surface area contributed by atoms with Crippen LogP contribution in [0.2, 0.25) is 0 Å². The summed E-state index contributed by atoms with van der Waals surface area (Å²) in [5.41, 5.74) is 3.44. The highest BCUT2D eigenvalue weighted by Crippen LogP contribution is 2.42. The Morgan fingerprint density at radius 3 is 2.56 bits per heavy atom. The average Bonchev–Trinajstić information content (AvgIpc) is 2.10. The molecular formula is C8H12S. The topological polar surface area (TPSA) is 0 Å². The minimum absolute atomic E-state index is 0.491. The molecule has 0 radical (unpaired) electrons. The molecule has 0 bridgehead atoms. The minimum Gasteiger partial charge on any atom is -0.122 e. The highest BCUT2D eigenvalue weighted by atomic mass is 32.2. The maximum atomic E-state index is 3.63. The zero-order valence-electron chi connectivity index (χ0n) is 6.03.